The van der Waals surface area contributed by atoms with Crippen LogP contribution in [-0.4, -0.2) is 108 Å². The molecule has 0 amide bonds. The number of aliphatic hydroxyl groups is 1. The predicted octanol–water partition coefficient (Wildman–Crippen LogP) is 7.58. The van der Waals surface area contributed by atoms with Crippen LogP contribution in [0.4, 0.5) is 0 Å². The number of methoxy groups -OCH3 is 1. The molecule has 8 bridgehead atoms. The third-order valence-corrected chi connectivity index (χ3v) is 18.4. The van der Waals surface area contributed by atoms with Crippen LogP contribution in [0.5, 0.6) is 0 Å². The fourth-order valence-corrected chi connectivity index (χ4v) is 16.0. The minimum absolute atomic E-state index is 0. The first-order valence-electron chi connectivity index (χ1n) is 27.3. The first-order valence-corrected chi connectivity index (χ1v) is 27.3. The second kappa shape index (κ2) is 24.9. The summed E-state index contributed by atoms with van der Waals surface area (Å²) in [5, 5.41) is 25.5. The van der Waals surface area contributed by atoms with E-state index in [1.807, 2.05) is 60.4 Å². The van der Waals surface area contributed by atoms with Crippen molar-refractivity contribution in [1.82, 2.24) is 18.9 Å². The molecule has 4 saturated carbocycles. The van der Waals surface area contributed by atoms with Gasteiger partial charge in [0.2, 0.25) is 0 Å². The molecular formula is C57H79N6NaO8. The van der Waals surface area contributed by atoms with Crippen molar-refractivity contribution in [2.24, 2.45) is 29.5 Å². The Morgan fingerprint density at radius 1 is 0.556 bits per heavy atom. The van der Waals surface area contributed by atoms with Gasteiger partial charge >= 0.3 is 41.5 Å². The van der Waals surface area contributed by atoms with E-state index < -0.39 is 23.5 Å². The van der Waals surface area contributed by atoms with Gasteiger partial charge in [0, 0.05) is 89.1 Å². The van der Waals surface area contributed by atoms with Crippen LogP contribution < -0.4 is 35.4 Å². The van der Waals surface area contributed by atoms with Crippen LogP contribution in [0.25, 0.3) is 27.4 Å². The number of ether oxygens (including phenoxy) is 1. The zero-order chi connectivity index (χ0) is 49.8. The van der Waals surface area contributed by atoms with Crippen molar-refractivity contribution in [3.63, 3.8) is 0 Å². The molecule has 0 radical (unpaired) electrons. The fraction of sp³-hybridized carbons (Fsp3) is 0.649. The average molecular weight is 999 g/mol. The molecule has 5 N–H and O–H groups in total. The normalized spacial score (nSPS) is 31.7. The first-order chi connectivity index (χ1) is 34.5. The summed E-state index contributed by atoms with van der Waals surface area (Å²) >= 11 is 0. The maximum Gasteiger partial charge on any atom is 1.00 e. The molecule has 386 valence electrons. The van der Waals surface area contributed by atoms with Crippen molar-refractivity contribution in [1.29, 1.82) is 0 Å². The van der Waals surface area contributed by atoms with Crippen LogP contribution in [0.3, 0.4) is 0 Å². The van der Waals surface area contributed by atoms with E-state index in [0.717, 1.165) is 83.2 Å². The van der Waals surface area contributed by atoms with Gasteiger partial charge in [0.05, 0.1) is 18.2 Å². The monoisotopic (exact) mass is 999 g/mol. The number of aromatic nitrogens is 2. The molecular weight excluding hydrogens is 920 g/mol. The largest absolute Gasteiger partial charge is 1.00 e. The third kappa shape index (κ3) is 11.7. The topological polar surface area (TPSA) is 195 Å². The minimum atomic E-state index is -1.37. The molecule has 4 aromatic rings. The van der Waals surface area contributed by atoms with Gasteiger partial charge in [-0.05, 0) is 133 Å². The van der Waals surface area contributed by atoms with Gasteiger partial charge in [0.15, 0.2) is 0 Å². The molecule has 4 aliphatic carbocycles. The molecule has 14 nitrogen and oxygen atoms in total. The number of para-hydroxylation sites is 2. The van der Waals surface area contributed by atoms with Gasteiger partial charge in [-0.15, -0.1) is 0 Å². The van der Waals surface area contributed by atoms with Gasteiger partial charge in [-0.25, -0.2) is 9.59 Å². The predicted molar refractivity (Wildman–Crippen MR) is 274 cm³/mol. The zero-order valence-corrected chi connectivity index (χ0v) is 45.2. The van der Waals surface area contributed by atoms with Crippen LogP contribution in [0.15, 0.2) is 60.9 Å². The summed E-state index contributed by atoms with van der Waals surface area (Å²) in [6, 6.07) is 20.6. The van der Waals surface area contributed by atoms with Gasteiger partial charge in [-0.1, -0.05) is 87.8 Å². The van der Waals surface area contributed by atoms with Gasteiger partial charge in [0.1, 0.15) is 0 Å². The molecule has 4 saturated heterocycles. The summed E-state index contributed by atoms with van der Waals surface area (Å²) < 4.78 is 9.29. The number of ketones is 2. The number of carbonyl (C=O) groups excluding carboxylic acids is 3. The van der Waals surface area contributed by atoms with E-state index >= 15 is 0 Å². The van der Waals surface area contributed by atoms with Crippen molar-refractivity contribution < 1.29 is 68.9 Å². The Morgan fingerprint density at radius 3 is 1.24 bits per heavy atom. The molecule has 0 spiro atoms. The number of fused-ring (bicyclic) bond motifs is 10. The molecule has 4 aliphatic heterocycles. The zero-order valence-electron chi connectivity index (χ0n) is 43.2. The first kappa shape index (κ1) is 54.8. The van der Waals surface area contributed by atoms with Gasteiger partial charge in [-0.3, -0.25) is 19.4 Å². The van der Waals surface area contributed by atoms with E-state index in [1.54, 1.807) is 6.92 Å². The Kier molecular flexibility index (Phi) is 19.0. The number of benzene rings is 2. The molecule has 2 aromatic carbocycles. The smallest absolute Gasteiger partial charge is 0.488 e. The Morgan fingerprint density at radius 2 is 0.889 bits per heavy atom. The fourth-order valence-electron chi connectivity index (χ4n) is 16.0. The second-order valence-electron chi connectivity index (χ2n) is 22.5. The second-order valence-corrected chi connectivity index (χ2v) is 22.5. The van der Waals surface area contributed by atoms with E-state index in [2.05, 4.69) is 30.8 Å². The SMILES string of the molecule is CCO.COC(=O)C(=O)c1cn(C2C[C@H]3CCC[C@@H](C2)N3C2C[C@H]3CCC[C@@H](C2)C3)c2ccccc12.N[N-]O.O=C(O)C(=O)c1cn(C2C[C@H]3CCC[C@@H](C2)N3C2C[C@H]3CCC[C@@H](C2)C3)c2ccccc12.[Na+]. The molecule has 12 atom stereocenters. The van der Waals surface area contributed by atoms with Crippen molar-refractivity contribution in [2.45, 2.75) is 197 Å². The molecule has 4 unspecified atom stereocenters. The minimum Gasteiger partial charge on any atom is -0.488 e. The summed E-state index contributed by atoms with van der Waals surface area (Å²) in [7, 11) is 1.27. The number of hydrogen-bond acceptors (Lipinski definition) is 10. The van der Waals surface area contributed by atoms with Gasteiger partial charge in [-0.2, -0.15) is 0 Å². The molecule has 6 heterocycles. The number of carboxylic acid groups (broad SMARTS) is 1. The van der Waals surface area contributed by atoms with E-state index in [1.165, 1.54) is 123 Å². The molecule has 72 heavy (non-hydrogen) atoms. The third-order valence-electron chi connectivity index (χ3n) is 18.4. The number of hydrogen-bond donors (Lipinski definition) is 4. The molecule has 2 aromatic heterocycles. The number of nitrogens with two attached hydrogens (primary N) is 1. The Bertz CT molecular complexity index is 2440. The molecule has 15 heteroatoms. The number of carbonyl (C=O) groups is 4. The van der Waals surface area contributed by atoms with E-state index in [4.69, 9.17) is 15.1 Å². The van der Waals surface area contributed by atoms with Gasteiger partial charge < -0.3 is 40.7 Å². The van der Waals surface area contributed by atoms with E-state index in [0.29, 0.717) is 47.4 Å². The van der Waals surface area contributed by atoms with Crippen molar-refractivity contribution in [3.8, 4) is 0 Å². The van der Waals surface area contributed by atoms with Gasteiger partial charge in [0.25, 0.3) is 11.6 Å². The van der Waals surface area contributed by atoms with Crippen molar-refractivity contribution in [3.05, 3.63) is 77.6 Å². The molecule has 8 fully saturated rings. The summed E-state index contributed by atoms with van der Waals surface area (Å²) in [6.07, 6.45) is 33.4. The average Bonchev–Trinajstić information content (AvgIpc) is 3.95. The summed E-state index contributed by atoms with van der Waals surface area (Å²) in [5.74, 6) is 4.34. The standard InChI is InChI=1S/C28H36N2O3.C27H34N2O3.C2H6O.H3N2O.Na/c1-33-28(32)27(31)25-17-29(26-11-3-2-10-24(25)26)22-15-20-8-5-9-21(16-22)30(20)23-13-18-6-4-7-19(12-18)14-23;30-26(27(31)32)24-16-28(25-10-2-1-9-23(24)25)21-14-19-7-4-8-20(15-21)29(19)22-12-17-5-3-6-18(11-17)13-22;2*1-2-3;/h2-3,10-11,17-23H,4-9,12-16H2,1H3;1-2,9-10,16-22H,3-8,11-15H2,(H,31,32);3H,2H2,1H3;3H,1H2;/q;;;-1;+1/t18-,19+,20-,21+,22?,23?;17-,18+,19-,20+,21?,22?;;;. The maximum atomic E-state index is 12.7. The number of aliphatic carboxylic acids is 1. The summed E-state index contributed by atoms with van der Waals surface area (Å²) in [6.45, 7) is 1.93. The Balaban J connectivity index is 0.000000172. The quantitative estimate of drug-likeness (QED) is 0.0340. The van der Waals surface area contributed by atoms with Crippen LogP contribution in [0.1, 0.15) is 181 Å². The van der Waals surface area contributed by atoms with Crippen LogP contribution >= 0.6 is 0 Å². The summed E-state index contributed by atoms with van der Waals surface area (Å²) in [4.78, 5) is 54.5. The number of aliphatic hydroxyl groups excluding tert-OH is 1. The van der Waals surface area contributed by atoms with Crippen LogP contribution in [0.2, 0.25) is 0 Å². The Labute approximate surface area is 448 Å². The van der Waals surface area contributed by atoms with Crippen LogP contribution in [-0.2, 0) is 14.3 Å². The molecule has 12 rings (SSSR count). The van der Waals surface area contributed by atoms with Crippen molar-refractivity contribution >= 4 is 45.3 Å². The summed E-state index contributed by atoms with van der Waals surface area (Å²) in [5.41, 5.74) is 4.88. The maximum absolute atomic E-state index is 12.7. The number of Topliss-reactive ketones (excluding diaryl/α,β-unsaturated/α-hetero) is 2. The number of carboxylic acids is 1. The Hall–Kier alpha value is -3.44. The van der Waals surface area contributed by atoms with E-state index in [-0.39, 0.29) is 36.2 Å². The number of piperidine rings is 4. The number of rotatable bonds is 8. The van der Waals surface area contributed by atoms with Crippen LogP contribution in [0, 0.1) is 23.7 Å². The van der Waals surface area contributed by atoms with Crippen molar-refractivity contribution in [2.75, 3.05) is 13.7 Å². The number of esters is 1. The number of nitrogens with zero attached hydrogens (tertiary/aromatic N) is 5. The van der Waals surface area contributed by atoms with E-state index in [9.17, 15) is 24.3 Å². The molecule has 8 aliphatic rings.